The van der Waals surface area contributed by atoms with E-state index in [1.807, 2.05) is 31.2 Å². The first-order chi connectivity index (χ1) is 9.58. The number of nitrogen functional groups attached to an aromatic ring is 1. The van der Waals surface area contributed by atoms with Gasteiger partial charge in [0.25, 0.3) is 0 Å². The molecule has 1 aromatic carbocycles. The monoisotopic (exact) mass is 272 g/mol. The Morgan fingerprint density at radius 2 is 2.10 bits per heavy atom. The van der Waals surface area contributed by atoms with Crippen molar-refractivity contribution in [1.82, 2.24) is 9.66 Å². The second-order valence-electron chi connectivity index (χ2n) is 4.74. The molecular weight excluding hydrogens is 252 g/mol. The van der Waals surface area contributed by atoms with Crippen LogP contribution >= 0.6 is 0 Å². The summed E-state index contributed by atoms with van der Waals surface area (Å²) < 4.78 is 7.28. The number of nitrogens with zero attached hydrogens (tertiary/aromatic N) is 3. The molecule has 0 saturated heterocycles. The molecule has 0 aliphatic rings. The predicted molar refractivity (Wildman–Crippen MR) is 81.2 cm³/mol. The van der Waals surface area contributed by atoms with Crippen molar-refractivity contribution in [2.75, 3.05) is 5.73 Å². The van der Waals surface area contributed by atoms with Crippen LogP contribution in [0.3, 0.4) is 0 Å². The van der Waals surface area contributed by atoms with Gasteiger partial charge in [0, 0.05) is 0 Å². The minimum atomic E-state index is 0.225. The zero-order valence-corrected chi connectivity index (χ0v) is 12.1. The quantitative estimate of drug-likeness (QED) is 0.851. The summed E-state index contributed by atoms with van der Waals surface area (Å²) in [5, 5.41) is 4.27. The molecule has 2 aromatic rings. The molecule has 2 N–H and O–H groups in total. The zero-order chi connectivity index (χ0) is 14.5. The molecular formula is C15H20N4O. The Morgan fingerprint density at radius 3 is 2.65 bits per heavy atom. The molecule has 0 radical (unpaired) electrons. The van der Waals surface area contributed by atoms with Gasteiger partial charge < -0.3 is 10.5 Å². The number of aryl methyl sites for hydroxylation is 1. The van der Waals surface area contributed by atoms with Gasteiger partial charge >= 0.3 is 0 Å². The molecule has 1 heterocycles. The molecule has 1 atom stereocenters. The summed E-state index contributed by atoms with van der Waals surface area (Å²) in [7, 11) is 0. The Labute approximate surface area is 119 Å². The Hall–Kier alpha value is -2.30. The summed E-state index contributed by atoms with van der Waals surface area (Å²) in [5.74, 6) is 1.25. The van der Waals surface area contributed by atoms with Gasteiger partial charge in [0.2, 0.25) is 5.95 Å². The highest BCUT2D eigenvalue weighted by Crippen LogP contribution is 2.14. The lowest BCUT2D eigenvalue weighted by atomic mass is 10.2. The zero-order valence-electron chi connectivity index (χ0n) is 12.1. The third-order valence-corrected chi connectivity index (χ3v) is 2.96. The summed E-state index contributed by atoms with van der Waals surface area (Å²) in [6.45, 7) is 6.03. The topological polar surface area (TPSA) is 65.4 Å². The van der Waals surface area contributed by atoms with Crippen molar-refractivity contribution in [3.05, 3.63) is 41.7 Å². The van der Waals surface area contributed by atoms with Gasteiger partial charge in [-0.1, -0.05) is 6.92 Å². The Morgan fingerprint density at radius 1 is 1.40 bits per heavy atom. The van der Waals surface area contributed by atoms with Gasteiger partial charge in [-0.15, -0.1) is 0 Å². The summed E-state index contributed by atoms with van der Waals surface area (Å²) in [6, 6.07) is 7.80. The van der Waals surface area contributed by atoms with E-state index in [-0.39, 0.29) is 6.10 Å². The fraction of sp³-hybridized carbons (Fsp3) is 0.333. The average molecular weight is 272 g/mol. The van der Waals surface area contributed by atoms with E-state index in [0.717, 1.165) is 23.4 Å². The summed E-state index contributed by atoms with van der Waals surface area (Å²) >= 11 is 0. The van der Waals surface area contributed by atoms with Crippen molar-refractivity contribution in [2.24, 2.45) is 5.10 Å². The fourth-order valence-corrected chi connectivity index (χ4v) is 1.67. The lowest BCUT2D eigenvalue weighted by Crippen LogP contribution is -2.09. The second-order valence-corrected chi connectivity index (χ2v) is 4.74. The predicted octanol–water partition coefficient (Wildman–Crippen LogP) is 2.83. The summed E-state index contributed by atoms with van der Waals surface area (Å²) in [4.78, 5) is 4.09. The van der Waals surface area contributed by atoms with Crippen LogP contribution < -0.4 is 10.5 Å². The molecule has 106 valence electrons. The Kier molecular flexibility index (Phi) is 4.40. The SMILES string of the molecule is CCC(C)Oc1ccc(C=Nn2cc(C)nc2N)cc1. The molecule has 0 bridgehead atoms. The van der Waals surface area contributed by atoms with Crippen molar-refractivity contribution in [3.63, 3.8) is 0 Å². The van der Waals surface area contributed by atoms with Crippen LogP contribution in [0.5, 0.6) is 5.75 Å². The highest BCUT2D eigenvalue weighted by molar-refractivity contribution is 5.79. The van der Waals surface area contributed by atoms with Crippen molar-refractivity contribution in [3.8, 4) is 5.75 Å². The van der Waals surface area contributed by atoms with Crippen LogP contribution in [0.25, 0.3) is 0 Å². The molecule has 0 fully saturated rings. The molecule has 5 heteroatoms. The van der Waals surface area contributed by atoms with E-state index in [0.29, 0.717) is 5.95 Å². The average Bonchev–Trinajstić information content (AvgIpc) is 2.76. The van der Waals surface area contributed by atoms with Gasteiger partial charge in [-0.2, -0.15) is 5.10 Å². The number of aromatic nitrogens is 2. The molecule has 0 amide bonds. The van der Waals surface area contributed by atoms with Gasteiger partial charge in [0.05, 0.1) is 24.2 Å². The van der Waals surface area contributed by atoms with Crippen LogP contribution in [0.4, 0.5) is 5.95 Å². The number of hydrogen-bond acceptors (Lipinski definition) is 4. The lowest BCUT2D eigenvalue weighted by Gasteiger charge is -2.12. The highest BCUT2D eigenvalue weighted by atomic mass is 16.5. The minimum absolute atomic E-state index is 0.225. The molecule has 0 aliphatic carbocycles. The number of nitrogens with two attached hydrogens (primary N) is 1. The van der Waals surface area contributed by atoms with Crippen molar-refractivity contribution < 1.29 is 4.74 Å². The van der Waals surface area contributed by atoms with Crippen LogP contribution in [0.15, 0.2) is 35.6 Å². The van der Waals surface area contributed by atoms with E-state index >= 15 is 0 Å². The maximum atomic E-state index is 5.72. The lowest BCUT2D eigenvalue weighted by molar-refractivity contribution is 0.217. The van der Waals surface area contributed by atoms with Gasteiger partial charge in [-0.3, -0.25) is 0 Å². The molecule has 5 nitrogen and oxygen atoms in total. The number of hydrogen-bond donors (Lipinski definition) is 1. The van der Waals surface area contributed by atoms with E-state index in [2.05, 4.69) is 23.9 Å². The molecule has 2 rings (SSSR count). The molecule has 1 aromatic heterocycles. The molecule has 0 saturated carbocycles. The number of rotatable bonds is 5. The van der Waals surface area contributed by atoms with Crippen LogP contribution in [0, 0.1) is 6.92 Å². The van der Waals surface area contributed by atoms with Gasteiger partial charge in [-0.25, -0.2) is 9.66 Å². The third-order valence-electron chi connectivity index (χ3n) is 2.96. The number of imidazole rings is 1. The third kappa shape index (κ3) is 3.60. The first kappa shape index (κ1) is 14.1. The van der Waals surface area contributed by atoms with Gasteiger partial charge in [0.1, 0.15) is 5.75 Å². The first-order valence-corrected chi connectivity index (χ1v) is 6.71. The largest absolute Gasteiger partial charge is 0.491 e. The van der Waals surface area contributed by atoms with Gasteiger partial charge in [-0.05, 0) is 50.1 Å². The van der Waals surface area contributed by atoms with E-state index in [9.17, 15) is 0 Å². The minimum Gasteiger partial charge on any atom is -0.491 e. The standard InChI is InChI=1S/C15H20N4O/c1-4-12(3)20-14-7-5-13(6-8-14)9-17-19-10-11(2)18-15(19)16/h5-10,12H,4H2,1-3H3,(H2,16,18). The number of benzene rings is 1. The van der Waals surface area contributed by atoms with Crippen LogP contribution in [-0.2, 0) is 0 Å². The highest BCUT2D eigenvalue weighted by Gasteiger charge is 2.01. The van der Waals surface area contributed by atoms with Crippen LogP contribution in [0.2, 0.25) is 0 Å². The smallest absolute Gasteiger partial charge is 0.221 e. The van der Waals surface area contributed by atoms with Gasteiger partial charge in [0.15, 0.2) is 0 Å². The first-order valence-electron chi connectivity index (χ1n) is 6.71. The van der Waals surface area contributed by atoms with Crippen LogP contribution in [-0.4, -0.2) is 22.0 Å². The summed E-state index contributed by atoms with van der Waals surface area (Å²) in [5.41, 5.74) is 7.54. The van der Waals surface area contributed by atoms with Crippen molar-refractivity contribution >= 4 is 12.2 Å². The van der Waals surface area contributed by atoms with E-state index < -0.39 is 0 Å². The maximum absolute atomic E-state index is 5.72. The van der Waals surface area contributed by atoms with E-state index in [4.69, 9.17) is 10.5 Å². The summed E-state index contributed by atoms with van der Waals surface area (Å²) in [6.07, 6.45) is 4.74. The number of ether oxygens (including phenoxy) is 1. The van der Waals surface area contributed by atoms with E-state index in [1.165, 1.54) is 0 Å². The molecule has 0 aliphatic heterocycles. The Balaban J connectivity index is 2.05. The maximum Gasteiger partial charge on any atom is 0.221 e. The van der Waals surface area contributed by atoms with Crippen molar-refractivity contribution in [2.45, 2.75) is 33.3 Å². The second kappa shape index (κ2) is 6.23. The normalized spacial score (nSPS) is 12.8. The molecule has 20 heavy (non-hydrogen) atoms. The number of anilines is 1. The fourth-order valence-electron chi connectivity index (χ4n) is 1.67. The molecule has 0 spiro atoms. The van der Waals surface area contributed by atoms with Crippen molar-refractivity contribution in [1.29, 1.82) is 0 Å². The Bertz CT molecular complexity index is 586. The van der Waals surface area contributed by atoms with Crippen LogP contribution in [0.1, 0.15) is 31.5 Å². The van der Waals surface area contributed by atoms with E-state index in [1.54, 1.807) is 17.1 Å². The molecule has 1 unspecified atom stereocenters.